The molecule has 76 valence electrons. The van der Waals surface area contributed by atoms with Gasteiger partial charge in [0.1, 0.15) is 0 Å². The van der Waals surface area contributed by atoms with Crippen LogP contribution in [0.15, 0.2) is 24.3 Å². The maximum absolute atomic E-state index is 10.8. The van der Waals surface area contributed by atoms with Gasteiger partial charge in [0.2, 0.25) is 0 Å². The van der Waals surface area contributed by atoms with Gasteiger partial charge < -0.3 is 9.90 Å². The fourth-order valence-corrected chi connectivity index (χ4v) is 1.58. The van der Waals surface area contributed by atoms with Crippen LogP contribution in [0.25, 0.3) is 10.9 Å². The third-order valence-corrected chi connectivity index (χ3v) is 2.38. The van der Waals surface area contributed by atoms with Crippen LogP contribution in [0.5, 0.6) is 0 Å². The monoisotopic (exact) mass is 200 g/mol. The van der Waals surface area contributed by atoms with Gasteiger partial charge in [-0.15, -0.1) is 0 Å². The first-order valence-corrected chi connectivity index (χ1v) is 4.67. The lowest BCUT2D eigenvalue weighted by Gasteiger charge is -2.08. The average Bonchev–Trinajstić information content (AvgIpc) is 2.15. The number of aryl methyl sites for hydroxylation is 2. The first kappa shape index (κ1) is 9.65. The number of aromatic carboxylic acids is 1. The van der Waals surface area contributed by atoms with Crippen molar-refractivity contribution in [1.29, 1.82) is 0 Å². The van der Waals surface area contributed by atoms with Crippen LogP contribution in [0.4, 0.5) is 0 Å². The number of benzene rings is 1. The lowest BCUT2D eigenvalue weighted by atomic mass is 10.1. The van der Waals surface area contributed by atoms with Gasteiger partial charge in [-0.05, 0) is 31.5 Å². The van der Waals surface area contributed by atoms with Gasteiger partial charge in [0, 0.05) is 16.6 Å². The average molecular weight is 200 g/mol. The molecule has 1 aromatic carbocycles. The number of carboxylic acid groups (broad SMARTS) is 1. The van der Waals surface area contributed by atoms with Crippen molar-refractivity contribution in [2.45, 2.75) is 13.8 Å². The van der Waals surface area contributed by atoms with Gasteiger partial charge in [0.25, 0.3) is 0 Å². The highest BCUT2D eigenvalue weighted by Gasteiger charge is 2.03. The van der Waals surface area contributed by atoms with E-state index in [2.05, 4.69) is 4.98 Å². The Morgan fingerprint density at radius 2 is 2.00 bits per heavy atom. The molecule has 0 saturated heterocycles. The first-order chi connectivity index (χ1) is 7.08. The molecule has 0 spiro atoms. The molecule has 0 aliphatic heterocycles. The summed E-state index contributed by atoms with van der Waals surface area (Å²) in [5.41, 5.74) is 2.58. The second kappa shape index (κ2) is 3.35. The number of pyridine rings is 1. The highest BCUT2D eigenvalue weighted by molar-refractivity contribution is 5.92. The highest BCUT2D eigenvalue weighted by atomic mass is 16.4. The molecule has 0 atom stereocenters. The number of carbonyl (C=O) groups is 1. The van der Waals surface area contributed by atoms with Crippen LogP contribution in [-0.2, 0) is 0 Å². The molecule has 3 nitrogen and oxygen atoms in total. The summed E-state index contributed by atoms with van der Waals surface area (Å²) in [6.07, 6.45) is 0. The lowest BCUT2D eigenvalue weighted by molar-refractivity contribution is -0.255. The number of rotatable bonds is 1. The molecule has 3 heteroatoms. The van der Waals surface area contributed by atoms with Crippen molar-refractivity contribution in [3.63, 3.8) is 0 Å². The van der Waals surface area contributed by atoms with Crippen molar-refractivity contribution in [2.24, 2.45) is 0 Å². The Hall–Kier alpha value is -1.90. The van der Waals surface area contributed by atoms with Gasteiger partial charge in [0.15, 0.2) is 0 Å². The van der Waals surface area contributed by atoms with Gasteiger partial charge in [-0.1, -0.05) is 12.1 Å². The van der Waals surface area contributed by atoms with Crippen LogP contribution < -0.4 is 5.11 Å². The smallest absolute Gasteiger partial charge is 0.0733 e. The maximum atomic E-state index is 10.8. The predicted octanol–water partition coefficient (Wildman–Crippen LogP) is 1.22. The number of nitrogens with zero attached hydrogens (tertiary/aromatic N) is 1. The van der Waals surface area contributed by atoms with E-state index < -0.39 is 5.97 Å². The topological polar surface area (TPSA) is 53.0 Å². The lowest BCUT2D eigenvalue weighted by Crippen LogP contribution is -2.23. The zero-order valence-electron chi connectivity index (χ0n) is 8.57. The van der Waals surface area contributed by atoms with Crippen molar-refractivity contribution in [3.05, 3.63) is 41.1 Å². The molecule has 0 fully saturated rings. The number of aromatic nitrogens is 1. The van der Waals surface area contributed by atoms with Crippen LogP contribution in [0.2, 0.25) is 0 Å². The summed E-state index contributed by atoms with van der Waals surface area (Å²) in [5, 5.41) is 11.6. The minimum atomic E-state index is -1.18. The molecule has 0 aliphatic rings. The molecule has 1 aromatic heterocycles. The van der Waals surface area contributed by atoms with E-state index in [0.29, 0.717) is 5.69 Å². The highest BCUT2D eigenvalue weighted by Crippen LogP contribution is 2.17. The largest absolute Gasteiger partial charge is 0.545 e. The first-order valence-electron chi connectivity index (χ1n) is 4.67. The van der Waals surface area contributed by atoms with Crippen LogP contribution in [0.1, 0.15) is 21.6 Å². The number of carboxylic acids is 1. The van der Waals surface area contributed by atoms with E-state index in [4.69, 9.17) is 0 Å². The van der Waals surface area contributed by atoms with Crippen molar-refractivity contribution in [3.8, 4) is 0 Å². The molecule has 2 aromatic rings. The number of hydrogen-bond donors (Lipinski definition) is 0. The molecule has 0 amide bonds. The summed E-state index contributed by atoms with van der Waals surface area (Å²) in [4.78, 5) is 15.0. The maximum Gasteiger partial charge on any atom is 0.0733 e. The fourth-order valence-electron chi connectivity index (χ4n) is 1.58. The molecule has 0 N–H and O–H groups in total. The van der Waals surface area contributed by atoms with Gasteiger partial charge in [-0.3, -0.25) is 4.98 Å². The number of hydrogen-bond acceptors (Lipinski definition) is 3. The Labute approximate surface area is 87.4 Å². The van der Waals surface area contributed by atoms with Crippen molar-refractivity contribution in [2.75, 3.05) is 0 Å². The Balaban J connectivity index is 2.76. The predicted molar refractivity (Wildman–Crippen MR) is 55.5 cm³/mol. The summed E-state index contributed by atoms with van der Waals surface area (Å²) in [5.74, 6) is -1.18. The molecular formula is C12H10NO2-. The van der Waals surface area contributed by atoms with Gasteiger partial charge >= 0.3 is 0 Å². The van der Waals surface area contributed by atoms with Gasteiger partial charge in [-0.2, -0.15) is 0 Å². The minimum Gasteiger partial charge on any atom is -0.545 e. The van der Waals surface area contributed by atoms with Gasteiger partial charge in [-0.25, -0.2) is 0 Å². The quantitative estimate of drug-likeness (QED) is 0.695. The number of fused-ring (bicyclic) bond motifs is 1. The molecule has 15 heavy (non-hydrogen) atoms. The fraction of sp³-hybridized carbons (Fsp3) is 0.167. The Morgan fingerprint density at radius 1 is 1.27 bits per heavy atom. The minimum absolute atomic E-state index is 0.159. The summed E-state index contributed by atoms with van der Waals surface area (Å²) < 4.78 is 0. The molecule has 0 aliphatic carbocycles. The normalized spacial score (nSPS) is 10.5. The molecule has 0 radical (unpaired) electrons. The second-order valence-electron chi connectivity index (χ2n) is 3.60. The molecule has 0 bridgehead atoms. The molecular weight excluding hydrogens is 190 g/mol. The summed E-state index contributed by atoms with van der Waals surface area (Å²) >= 11 is 0. The number of carbonyl (C=O) groups excluding carboxylic acids is 1. The van der Waals surface area contributed by atoms with E-state index in [1.807, 2.05) is 25.1 Å². The van der Waals surface area contributed by atoms with Crippen LogP contribution in [0, 0.1) is 13.8 Å². The van der Waals surface area contributed by atoms with E-state index in [9.17, 15) is 9.90 Å². The standard InChI is InChI=1S/C12H11NO2/c1-7-3-4-9-6-10(12(14)15)8(2)13-11(9)5-7/h3-6H,1-2H3,(H,14,15)/p-1. The van der Waals surface area contributed by atoms with E-state index in [1.165, 1.54) is 0 Å². The Bertz CT molecular complexity index is 547. The van der Waals surface area contributed by atoms with Crippen molar-refractivity contribution in [1.82, 2.24) is 4.98 Å². The molecule has 0 unspecified atom stereocenters. The SMILES string of the molecule is Cc1ccc2cc(C(=O)[O-])c(C)nc2c1. The summed E-state index contributed by atoms with van der Waals surface area (Å²) in [6, 6.07) is 7.33. The third-order valence-electron chi connectivity index (χ3n) is 2.38. The van der Waals surface area contributed by atoms with Crippen LogP contribution in [-0.4, -0.2) is 11.0 Å². The van der Waals surface area contributed by atoms with Crippen molar-refractivity contribution < 1.29 is 9.90 Å². The van der Waals surface area contributed by atoms with E-state index >= 15 is 0 Å². The van der Waals surface area contributed by atoms with Gasteiger partial charge in [0.05, 0.1) is 11.5 Å². The second-order valence-corrected chi connectivity index (χ2v) is 3.60. The zero-order valence-corrected chi connectivity index (χ0v) is 8.57. The summed E-state index contributed by atoms with van der Waals surface area (Å²) in [7, 11) is 0. The van der Waals surface area contributed by atoms with E-state index in [-0.39, 0.29) is 5.56 Å². The summed E-state index contributed by atoms with van der Waals surface area (Å²) in [6.45, 7) is 3.65. The van der Waals surface area contributed by atoms with Crippen LogP contribution in [0.3, 0.4) is 0 Å². The van der Waals surface area contributed by atoms with Crippen molar-refractivity contribution >= 4 is 16.9 Å². The molecule has 2 rings (SSSR count). The van der Waals surface area contributed by atoms with Crippen LogP contribution >= 0.6 is 0 Å². The Morgan fingerprint density at radius 3 is 2.67 bits per heavy atom. The molecule has 1 heterocycles. The Kier molecular flexibility index (Phi) is 2.15. The van der Waals surface area contributed by atoms with E-state index in [0.717, 1.165) is 16.5 Å². The molecule has 0 saturated carbocycles. The van der Waals surface area contributed by atoms with E-state index in [1.54, 1.807) is 13.0 Å². The zero-order chi connectivity index (χ0) is 11.0. The third kappa shape index (κ3) is 1.68.